The Morgan fingerprint density at radius 3 is 2.77 bits per heavy atom. The number of nitrogens with zero attached hydrogens (tertiary/aromatic N) is 4. The lowest BCUT2D eigenvalue weighted by atomic mass is 10.2. The van der Waals surface area contributed by atoms with Crippen LogP contribution in [0.5, 0.6) is 0 Å². The molecule has 3 heterocycles. The normalized spacial score (nSPS) is 10.9. The molecule has 0 unspecified atom stereocenters. The van der Waals surface area contributed by atoms with Gasteiger partial charge in [-0.05, 0) is 42.8 Å². The van der Waals surface area contributed by atoms with Crippen LogP contribution >= 0.6 is 11.3 Å². The number of fused-ring (bicyclic) bond motifs is 2. The molecule has 0 atom stereocenters. The minimum Gasteiger partial charge on any atom is -0.383 e. The van der Waals surface area contributed by atoms with E-state index in [2.05, 4.69) is 62.8 Å². The molecule has 2 aromatic carbocycles. The van der Waals surface area contributed by atoms with Crippen molar-refractivity contribution in [1.82, 2.24) is 24.5 Å². The number of hydrogen-bond acceptors (Lipinski definition) is 7. The third kappa shape index (κ3) is 4.31. The molecular formula is C21H19N5O3S2. The SMILES string of the molecule is COCCn1c(-c2cnc(-c3ccc4scnc4c3)[nH]2)nc2cc(C)ccc21.O=S=O. The van der Waals surface area contributed by atoms with E-state index in [1.807, 2.05) is 11.7 Å². The van der Waals surface area contributed by atoms with E-state index in [1.165, 1.54) is 10.3 Å². The van der Waals surface area contributed by atoms with Crippen LogP contribution in [0.4, 0.5) is 0 Å². The smallest absolute Gasteiger partial charge is 0.335 e. The molecule has 31 heavy (non-hydrogen) atoms. The molecule has 0 amide bonds. The van der Waals surface area contributed by atoms with Gasteiger partial charge in [-0.15, -0.1) is 11.3 Å². The van der Waals surface area contributed by atoms with Crippen molar-refractivity contribution in [1.29, 1.82) is 0 Å². The first-order chi connectivity index (χ1) is 15.1. The molecule has 5 rings (SSSR count). The minimum atomic E-state index is -0.750. The topological polar surface area (TPSA) is 103 Å². The van der Waals surface area contributed by atoms with E-state index < -0.39 is 11.6 Å². The van der Waals surface area contributed by atoms with Crippen molar-refractivity contribution in [3.63, 3.8) is 0 Å². The number of nitrogens with one attached hydrogen (secondary N) is 1. The summed E-state index contributed by atoms with van der Waals surface area (Å²) in [7, 11) is 1.71. The number of H-pyrrole nitrogens is 1. The van der Waals surface area contributed by atoms with E-state index >= 15 is 0 Å². The Labute approximate surface area is 185 Å². The second kappa shape index (κ2) is 9.29. The molecule has 3 aromatic heterocycles. The lowest BCUT2D eigenvalue weighted by molar-refractivity contribution is 0.188. The van der Waals surface area contributed by atoms with Crippen molar-refractivity contribution in [3.05, 3.63) is 53.7 Å². The summed E-state index contributed by atoms with van der Waals surface area (Å²) in [6.07, 6.45) is 1.85. The highest BCUT2D eigenvalue weighted by molar-refractivity contribution is 7.51. The third-order valence-electron chi connectivity index (χ3n) is 4.84. The van der Waals surface area contributed by atoms with E-state index in [4.69, 9.17) is 18.1 Å². The summed E-state index contributed by atoms with van der Waals surface area (Å²) in [4.78, 5) is 17.3. The van der Waals surface area contributed by atoms with Crippen LogP contribution in [0.15, 0.2) is 48.1 Å². The zero-order valence-corrected chi connectivity index (χ0v) is 18.5. The Balaban J connectivity index is 0.000000730. The highest BCUT2D eigenvalue weighted by atomic mass is 32.1. The molecule has 0 radical (unpaired) electrons. The summed E-state index contributed by atoms with van der Waals surface area (Å²) in [5.74, 6) is 1.68. The van der Waals surface area contributed by atoms with Crippen LogP contribution in [0.3, 0.4) is 0 Å². The van der Waals surface area contributed by atoms with Gasteiger partial charge in [0, 0.05) is 19.2 Å². The van der Waals surface area contributed by atoms with E-state index in [9.17, 15) is 0 Å². The fraction of sp³-hybridized carbons (Fsp3) is 0.190. The molecule has 158 valence electrons. The molecule has 0 aliphatic heterocycles. The van der Waals surface area contributed by atoms with Crippen molar-refractivity contribution in [2.45, 2.75) is 13.5 Å². The van der Waals surface area contributed by atoms with Crippen LogP contribution < -0.4 is 0 Å². The second-order valence-corrected chi connectivity index (χ2v) is 7.84. The Bertz CT molecular complexity index is 1380. The van der Waals surface area contributed by atoms with Gasteiger partial charge in [0.05, 0.1) is 39.6 Å². The molecule has 0 aliphatic carbocycles. The van der Waals surface area contributed by atoms with E-state index in [1.54, 1.807) is 18.4 Å². The fourth-order valence-electron chi connectivity index (χ4n) is 3.44. The van der Waals surface area contributed by atoms with Crippen molar-refractivity contribution in [2.75, 3.05) is 13.7 Å². The lowest BCUT2D eigenvalue weighted by Crippen LogP contribution is -2.06. The number of benzene rings is 2. The summed E-state index contributed by atoms with van der Waals surface area (Å²) in [5, 5.41) is 0. The second-order valence-electron chi connectivity index (χ2n) is 6.82. The Hall–Kier alpha value is -3.21. The van der Waals surface area contributed by atoms with Crippen molar-refractivity contribution in [2.24, 2.45) is 0 Å². The van der Waals surface area contributed by atoms with Gasteiger partial charge in [0.15, 0.2) is 5.82 Å². The van der Waals surface area contributed by atoms with Crippen LogP contribution in [0.2, 0.25) is 0 Å². The molecule has 0 fully saturated rings. The van der Waals surface area contributed by atoms with Crippen LogP contribution in [0.1, 0.15) is 5.56 Å². The number of methoxy groups -OCH3 is 1. The molecule has 0 saturated heterocycles. The zero-order valence-electron chi connectivity index (χ0n) is 16.9. The molecule has 0 spiro atoms. The molecular weight excluding hydrogens is 434 g/mol. The molecule has 0 aliphatic rings. The Kier molecular flexibility index (Phi) is 6.31. The summed E-state index contributed by atoms with van der Waals surface area (Å²) in [6, 6.07) is 12.5. The Morgan fingerprint density at radius 2 is 1.97 bits per heavy atom. The van der Waals surface area contributed by atoms with Gasteiger partial charge in [-0.2, -0.15) is 8.42 Å². The molecule has 5 aromatic rings. The monoisotopic (exact) mass is 453 g/mol. The van der Waals surface area contributed by atoms with Gasteiger partial charge in [0.1, 0.15) is 11.5 Å². The summed E-state index contributed by atoms with van der Waals surface area (Å²) >= 11 is 0.889. The van der Waals surface area contributed by atoms with E-state index in [0.717, 1.165) is 46.0 Å². The average Bonchev–Trinajstić information content (AvgIpc) is 3.49. The third-order valence-corrected chi connectivity index (χ3v) is 5.65. The first-order valence-electron chi connectivity index (χ1n) is 9.41. The quantitative estimate of drug-likeness (QED) is 0.432. The number of hydrogen-bond donors (Lipinski definition) is 1. The van der Waals surface area contributed by atoms with Crippen LogP contribution in [0, 0.1) is 6.92 Å². The van der Waals surface area contributed by atoms with Gasteiger partial charge in [-0.25, -0.2) is 15.0 Å². The molecule has 0 bridgehead atoms. The number of ether oxygens (including phenoxy) is 1. The van der Waals surface area contributed by atoms with E-state index in [0.29, 0.717) is 6.61 Å². The average molecular weight is 454 g/mol. The first kappa shape index (κ1) is 21.0. The Morgan fingerprint density at radius 1 is 1.13 bits per heavy atom. The van der Waals surface area contributed by atoms with Gasteiger partial charge in [-0.3, -0.25) is 0 Å². The van der Waals surface area contributed by atoms with Gasteiger partial charge in [0.2, 0.25) is 0 Å². The zero-order chi connectivity index (χ0) is 21.8. The van der Waals surface area contributed by atoms with Gasteiger partial charge in [0.25, 0.3) is 0 Å². The summed E-state index contributed by atoms with van der Waals surface area (Å²) in [5.41, 5.74) is 8.02. The van der Waals surface area contributed by atoms with Crippen LogP contribution in [-0.2, 0) is 22.9 Å². The lowest BCUT2D eigenvalue weighted by Gasteiger charge is -2.07. The fourth-order valence-corrected chi connectivity index (χ4v) is 4.10. The molecule has 8 nitrogen and oxygen atoms in total. The maximum Gasteiger partial charge on any atom is 0.335 e. The van der Waals surface area contributed by atoms with Gasteiger partial charge >= 0.3 is 11.6 Å². The minimum absolute atomic E-state index is 0.619. The number of aromatic nitrogens is 5. The number of thiazole rings is 1. The van der Waals surface area contributed by atoms with Crippen molar-refractivity contribution >= 4 is 44.2 Å². The number of aromatic amines is 1. The number of imidazole rings is 2. The van der Waals surface area contributed by atoms with E-state index in [-0.39, 0.29) is 0 Å². The first-order valence-corrected chi connectivity index (χ1v) is 11.0. The largest absolute Gasteiger partial charge is 0.383 e. The molecule has 10 heteroatoms. The number of aryl methyl sites for hydroxylation is 1. The standard InChI is InChI=1S/C21H19N5OS.O2S/c1-13-3-5-18-15(9-13)25-21(26(18)7-8-27-2)17-11-22-20(24-17)14-4-6-19-16(10-14)23-12-28-19;1-3-2/h3-6,9-12H,7-8H2,1-2H3,(H,22,24);. The van der Waals surface area contributed by atoms with Crippen LogP contribution in [-0.4, -0.2) is 46.6 Å². The molecule has 1 N–H and O–H groups in total. The predicted octanol–water partition coefficient (Wildman–Crippen LogP) is 3.99. The van der Waals surface area contributed by atoms with Gasteiger partial charge < -0.3 is 14.3 Å². The summed E-state index contributed by atoms with van der Waals surface area (Å²) < 4.78 is 25.2. The molecule has 0 saturated carbocycles. The van der Waals surface area contributed by atoms with Gasteiger partial charge in [-0.1, -0.05) is 6.07 Å². The highest BCUT2D eigenvalue weighted by Gasteiger charge is 2.15. The number of rotatable bonds is 5. The van der Waals surface area contributed by atoms with Crippen molar-refractivity contribution in [3.8, 4) is 22.9 Å². The van der Waals surface area contributed by atoms with Crippen molar-refractivity contribution < 1.29 is 13.2 Å². The van der Waals surface area contributed by atoms with Crippen LogP contribution in [0.25, 0.3) is 44.2 Å². The maximum atomic E-state index is 8.29. The summed E-state index contributed by atoms with van der Waals surface area (Å²) in [6.45, 7) is 3.43. The highest BCUT2D eigenvalue weighted by Crippen LogP contribution is 2.28. The maximum absolute atomic E-state index is 8.29. The predicted molar refractivity (Wildman–Crippen MR) is 121 cm³/mol.